The minimum absolute atomic E-state index is 0. The maximum atomic E-state index is 5.13. The Morgan fingerprint density at radius 1 is 1.38 bits per heavy atom. The standard InChI is InChI=1S/C19H33N5O.HI/c1-16-15-21-9-5-17(16)6-10-22-19(20-2)23-18-7-12-24(13-8-18)11-4-14-25-3;/h5,9,15,18H,4,6-8,10-14H2,1-3H3,(H2,20,22,23);1H. The average molecular weight is 475 g/mol. The van der Waals surface area contributed by atoms with Gasteiger partial charge in [0.15, 0.2) is 5.96 Å². The van der Waals surface area contributed by atoms with Gasteiger partial charge in [-0.2, -0.15) is 0 Å². The van der Waals surface area contributed by atoms with Gasteiger partial charge in [-0.15, -0.1) is 24.0 Å². The van der Waals surface area contributed by atoms with Gasteiger partial charge >= 0.3 is 0 Å². The summed E-state index contributed by atoms with van der Waals surface area (Å²) in [6.45, 7) is 7.27. The van der Waals surface area contributed by atoms with Gasteiger partial charge in [-0.05, 0) is 49.8 Å². The predicted octanol–water partition coefficient (Wildman–Crippen LogP) is 2.22. The number of aliphatic imine (C=N–C) groups is 1. The maximum absolute atomic E-state index is 5.13. The molecule has 1 aliphatic heterocycles. The van der Waals surface area contributed by atoms with Crippen molar-refractivity contribution < 1.29 is 4.74 Å². The summed E-state index contributed by atoms with van der Waals surface area (Å²) < 4.78 is 5.13. The van der Waals surface area contributed by atoms with Crippen LogP contribution in [-0.2, 0) is 11.2 Å². The van der Waals surface area contributed by atoms with E-state index in [0.717, 1.165) is 64.4 Å². The lowest BCUT2D eigenvalue weighted by Gasteiger charge is -2.33. The van der Waals surface area contributed by atoms with Gasteiger partial charge in [0.05, 0.1) is 0 Å². The molecule has 0 spiro atoms. The monoisotopic (exact) mass is 475 g/mol. The highest BCUT2D eigenvalue weighted by molar-refractivity contribution is 14.0. The van der Waals surface area contributed by atoms with Gasteiger partial charge in [0, 0.05) is 65.4 Å². The van der Waals surface area contributed by atoms with Crippen LogP contribution in [0, 0.1) is 6.92 Å². The fourth-order valence-corrected chi connectivity index (χ4v) is 3.22. The van der Waals surface area contributed by atoms with E-state index in [1.165, 1.54) is 11.1 Å². The largest absolute Gasteiger partial charge is 0.385 e. The molecule has 1 saturated heterocycles. The number of nitrogens with one attached hydrogen (secondary N) is 2. The van der Waals surface area contributed by atoms with E-state index in [2.05, 4.69) is 38.5 Å². The van der Waals surface area contributed by atoms with Crippen LogP contribution in [0.25, 0.3) is 0 Å². The van der Waals surface area contributed by atoms with Crippen LogP contribution >= 0.6 is 24.0 Å². The van der Waals surface area contributed by atoms with Crippen LogP contribution in [0.1, 0.15) is 30.4 Å². The Morgan fingerprint density at radius 3 is 2.81 bits per heavy atom. The highest BCUT2D eigenvalue weighted by atomic mass is 127. The number of methoxy groups -OCH3 is 1. The first-order chi connectivity index (χ1) is 12.2. The van der Waals surface area contributed by atoms with Crippen LogP contribution in [0.15, 0.2) is 23.5 Å². The van der Waals surface area contributed by atoms with Crippen molar-refractivity contribution >= 4 is 29.9 Å². The summed E-state index contributed by atoms with van der Waals surface area (Å²) in [7, 11) is 3.61. The number of hydrogen-bond acceptors (Lipinski definition) is 4. The summed E-state index contributed by atoms with van der Waals surface area (Å²) in [6.07, 6.45) is 8.20. The average Bonchev–Trinajstić information content (AvgIpc) is 2.64. The highest BCUT2D eigenvalue weighted by Crippen LogP contribution is 2.10. The molecule has 0 unspecified atom stereocenters. The molecule has 1 aromatic heterocycles. The summed E-state index contributed by atoms with van der Waals surface area (Å²) in [5.74, 6) is 0.907. The van der Waals surface area contributed by atoms with E-state index >= 15 is 0 Å². The van der Waals surface area contributed by atoms with Gasteiger partial charge in [0.2, 0.25) is 0 Å². The molecule has 1 fully saturated rings. The Morgan fingerprint density at radius 2 is 2.15 bits per heavy atom. The quantitative estimate of drug-likeness (QED) is 0.261. The van der Waals surface area contributed by atoms with Crippen molar-refractivity contribution in [3.63, 3.8) is 0 Å². The van der Waals surface area contributed by atoms with Crippen LogP contribution in [0.4, 0.5) is 0 Å². The SMILES string of the molecule is CN=C(NCCc1ccncc1C)NC1CCN(CCCOC)CC1.I. The second kappa shape index (κ2) is 13.3. The minimum Gasteiger partial charge on any atom is -0.385 e. The Bertz CT molecular complexity index is 532. The van der Waals surface area contributed by atoms with Crippen molar-refractivity contribution in [2.45, 2.75) is 38.6 Å². The molecule has 0 atom stereocenters. The number of guanidine groups is 1. The summed E-state index contributed by atoms with van der Waals surface area (Å²) in [4.78, 5) is 11.0. The number of pyridine rings is 1. The fraction of sp³-hybridized carbons (Fsp3) is 0.684. The van der Waals surface area contributed by atoms with E-state index in [9.17, 15) is 0 Å². The van der Waals surface area contributed by atoms with E-state index in [4.69, 9.17) is 4.74 Å². The molecule has 2 N–H and O–H groups in total. The van der Waals surface area contributed by atoms with Gasteiger partial charge < -0.3 is 20.3 Å². The molecule has 0 bridgehead atoms. The molecule has 0 aliphatic carbocycles. The molecule has 6 nitrogen and oxygen atoms in total. The smallest absolute Gasteiger partial charge is 0.191 e. The molecule has 2 heterocycles. The first-order valence-corrected chi connectivity index (χ1v) is 9.31. The number of likely N-dealkylation sites (tertiary alicyclic amines) is 1. The molecule has 1 aromatic rings. The van der Waals surface area contributed by atoms with Crippen molar-refractivity contribution in [2.75, 3.05) is 46.9 Å². The number of rotatable bonds is 8. The van der Waals surface area contributed by atoms with Crippen LogP contribution in [0.2, 0.25) is 0 Å². The zero-order chi connectivity index (χ0) is 17.9. The number of aryl methyl sites for hydroxylation is 1. The van der Waals surface area contributed by atoms with E-state index in [1.807, 2.05) is 19.4 Å². The topological polar surface area (TPSA) is 61.8 Å². The summed E-state index contributed by atoms with van der Waals surface area (Å²) in [5.41, 5.74) is 2.58. The zero-order valence-corrected chi connectivity index (χ0v) is 18.7. The number of ether oxygens (including phenoxy) is 1. The molecule has 0 aromatic carbocycles. The van der Waals surface area contributed by atoms with Gasteiger partial charge in [-0.1, -0.05) is 0 Å². The van der Waals surface area contributed by atoms with Crippen molar-refractivity contribution in [1.82, 2.24) is 20.5 Å². The minimum atomic E-state index is 0. The van der Waals surface area contributed by atoms with Gasteiger partial charge in [-0.25, -0.2) is 0 Å². The second-order valence-electron chi connectivity index (χ2n) is 6.66. The van der Waals surface area contributed by atoms with E-state index in [0.29, 0.717) is 6.04 Å². The molecule has 1 aliphatic rings. The lowest BCUT2D eigenvalue weighted by atomic mass is 10.1. The van der Waals surface area contributed by atoms with Gasteiger partial charge in [0.25, 0.3) is 0 Å². The third-order valence-electron chi connectivity index (χ3n) is 4.80. The first-order valence-electron chi connectivity index (χ1n) is 9.31. The lowest BCUT2D eigenvalue weighted by molar-refractivity contribution is 0.155. The summed E-state index contributed by atoms with van der Waals surface area (Å²) in [6, 6.07) is 2.60. The zero-order valence-electron chi connectivity index (χ0n) is 16.3. The summed E-state index contributed by atoms with van der Waals surface area (Å²) >= 11 is 0. The molecule has 7 heteroatoms. The molecular formula is C19H34IN5O. The second-order valence-corrected chi connectivity index (χ2v) is 6.66. The highest BCUT2D eigenvalue weighted by Gasteiger charge is 2.19. The number of aromatic nitrogens is 1. The lowest BCUT2D eigenvalue weighted by Crippen LogP contribution is -2.49. The fourth-order valence-electron chi connectivity index (χ4n) is 3.22. The Hall–Kier alpha value is -0.930. The Balaban J connectivity index is 0.00000338. The molecule has 0 saturated carbocycles. The van der Waals surface area contributed by atoms with Crippen molar-refractivity contribution in [3.8, 4) is 0 Å². The Labute approximate surface area is 175 Å². The molecule has 2 rings (SSSR count). The molecule has 0 radical (unpaired) electrons. The van der Waals surface area contributed by atoms with Crippen LogP contribution in [0.5, 0.6) is 0 Å². The van der Waals surface area contributed by atoms with Gasteiger partial charge in [-0.3, -0.25) is 9.98 Å². The van der Waals surface area contributed by atoms with Crippen LogP contribution in [-0.4, -0.2) is 68.8 Å². The number of nitrogens with zero attached hydrogens (tertiary/aromatic N) is 3. The van der Waals surface area contributed by atoms with E-state index in [-0.39, 0.29) is 24.0 Å². The third kappa shape index (κ3) is 8.18. The third-order valence-corrected chi connectivity index (χ3v) is 4.80. The maximum Gasteiger partial charge on any atom is 0.191 e. The molecule has 26 heavy (non-hydrogen) atoms. The van der Waals surface area contributed by atoms with E-state index in [1.54, 1.807) is 7.11 Å². The van der Waals surface area contributed by atoms with Gasteiger partial charge in [0.1, 0.15) is 0 Å². The normalized spacial score (nSPS) is 16.2. The summed E-state index contributed by atoms with van der Waals surface area (Å²) in [5, 5.41) is 7.00. The molecular weight excluding hydrogens is 441 g/mol. The van der Waals surface area contributed by atoms with Crippen molar-refractivity contribution in [1.29, 1.82) is 0 Å². The van der Waals surface area contributed by atoms with Crippen LogP contribution in [0.3, 0.4) is 0 Å². The van der Waals surface area contributed by atoms with Crippen molar-refractivity contribution in [3.05, 3.63) is 29.6 Å². The van der Waals surface area contributed by atoms with E-state index < -0.39 is 0 Å². The first kappa shape index (κ1) is 23.1. The number of halogens is 1. The predicted molar refractivity (Wildman–Crippen MR) is 119 cm³/mol. The molecule has 148 valence electrons. The molecule has 0 amide bonds. The van der Waals surface area contributed by atoms with Crippen molar-refractivity contribution in [2.24, 2.45) is 4.99 Å². The number of piperidine rings is 1. The van der Waals surface area contributed by atoms with Crippen LogP contribution < -0.4 is 10.6 Å². The Kier molecular flexibility index (Phi) is 11.8. The number of hydrogen-bond donors (Lipinski definition) is 2.